The lowest BCUT2D eigenvalue weighted by Crippen LogP contribution is -2.35. The van der Waals surface area contributed by atoms with E-state index in [4.69, 9.17) is 10.8 Å². The van der Waals surface area contributed by atoms with Gasteiger partial charge in [0.15, 0.2) is 0 Å². The summed E-state index contributed by atoms with van der Waals surface area (Å²) in [4.78, 5) is 10.9. The van der Waals surface area contributed by atoms with Crippen LogP contribution < -0.4 is 10.6 Å². The number of urea groups is 1. The Kier molecular flexibility index (Phi) is 3.45. The van der Waals surface area contributed by atoms with Gasteiger partial charge in [-0.15, -0.1) is 6.42 Å². The Labute approximate surface area is 76.3 Å². The summed E-state index contributed by atoms with van der Waals surface area (Å²) in [5.41, 5.74) is 0. The lowest BCUT2D eigenvalue weighted by molar-refractivity contribution is 0.240. The van der Waals surface area contributed by atoms with Gasteiger partial charge in [0.25, 0.3) is 0 Å². The van der Waals surface area contributed by atoms with Crippen molar-refractivity contribution in [1.29, 1.82) is 0 Å². The molecule has 0 unspecified atom stereocenters. The molecule has 0 aliphatic rings. The SMILES string of the molecule is C#CCNC(=O)NCc1ccco1. The van der Waals surface area contributed by atoms with Gasteiger partial charge in [0.2, 0.25) is 0 Å². The molecule has 0 aromatic carbocycles. The van der Waals surface area contributed by atoms with Gasteiger partial charge in [0.05, 0.1) is 19.4 Å². The first kappa shape index (κ1) is 9.20. The molecule has 2 amide bonds. The zero-order chi connectivity index (χ0) is 9.52. The van der Waals surface area contributed by atoms with Gasteiger partial charge >= 0.3 is 6.03 Å². The lowest BCUT2D eigenvalue weighted by atomic mass is 10.4. The highest BCUT2D eigenvalue weighted by molar-refractivity contribution is 5.73. The molecule has 1 aromatic heterocycles. The van der Waals surface area contributed by atoms with E-state index in [1.165, 1.54) is 0 Å². The summed E-state index contributed by atoms with van der Waals surface area (Å²) in [5, 5.41) is 5.05. The molecular formula is C9H10N2O2. The van der Waals surface area contributed by atoms with Gasteiger partial charge < -0.3 is 15.1 Å². The smallest absolute Gasteiger partial charge is 0.315 e. The van der Waals surface area contributed by atoms with Gasteiger partial charge in [-0.2, -0.15) is 0 Å². The highest BCUT2D eigenvalue weighted by Gasteiger charge is 1.99. The van der Waals surface area contributed by atoms with Crippen molar-refractivity contribution in [3.8, 4) is 12.3 Å². The number of hydrogen-bond donors (Lipinski definition) is 2. The molecule has 0 atom stereocenters. The molecule has 0 saturated carbocycles. The van der Waals surface area contributed by atoms with E-state index in [1.54, 1.807) is 18.4 Å². The second-order valence-corrected chi connectivity index (χ2v) is 2.32. The van der Waals surface area contributed by atoms with Crippen molar-refractivity contribution < 1.29 is 9.21 Å². The van der Waals surface area contributed by atoms with Crippen LogP contribution in [-0.4, -0.2) is 12.6 Å². The normalized spacial score (nSPS) is 8.85. The molecule has 0 fully saturated rings. The van der Waals surface area contributed by atoms with Crippen LogP contribution in [0.1, 0.15) is 5.76 Å². The van der Waals surface area contributed by atoms with Crippen LogP contribution in [0.15, 0.2) is 22.8 Å². The quantitative estimate of drug-likeness (QED) is 0.670. The van der Waals surface area contributed by atoms with Crippen molar-refractivity contribution in [3.63, 3.8) is 0 Å². The zero-order valence-electron chi connectivity index (χ0n) is 7.04. The van der Waals surface area contributed by atoms with E-state index < -0.39 is 0 Å². The van der Waals surface area contributed by atoms with Gasteiger partial charge in [-0.05, 0) is 12.1 Å². The number of carbonyl (C=O) groups excluding carboxylic acids is 1. The third kappa shape index (κ3) is 3.34. The largest absolute Gasteiger partial charge is 0.467 e. The summed E-state index contributed by atoms with van der Waals surface area (Å²) >= 11 is 0. The molecule has 0 aliphatic carbocycles. The molecule has 0 aliphatic heterocycles. The molecule has 1 rings (SSSR count). The molecule has 1 aromatic rings. The summed E-state index contributed by atoms with van der Waals surface area (Å²) < 4.78 is 5.01. The molecule has 68 valence electrons. The molecule has 0 spiro atoms. The van der Waals surface area contributed by atoms with E-state index in [2.05, 4.69) is 16.6 Å². The zero-order valence-corrected chi connectivity index (χ0v) is 7.04. The Bertz CT molecular complexity index is 298. The molecule has 0 bridgehead atoms. The number of nitrogens with one attached hydrogen (secondary N) is 2. The van der Waals surface area contributed by atoms with Gasteiger partial charge in [0, 0.05) is 0 Å². The standard InChI is InChI=1S/C9H10N2O2/c1-2-5-10-9(12)11-7-8-4-3-6-13-8/h1,3-4,6H,5,7H2,(H2,10,11,12). The van der Waals surface area contributed by atoms with Crippen molar-refractivity contribution in [2.24, 2.45) is 0 Å². The average Bonchev–Trinajstić information content (AvgIpc) is 2.64. The second kappa shape index (κ2) is 4.88. The fraction of sp³-hybridized carbons (Fsp3) is 0.222. The summed E-state index contributed by atoms with van der Waals surface area (Å²) in [6.07, 6.45) is 6.51. The van der Waals surface area contributed by atoms with Crippen molar-refractivity contribution in [3.05, 3.63) is 24.2 Å². The van der Waals surface area contributed by atoms with Crippen LogP contribution in [0.4, 0.5) is 4.79 Å². The lowest BCUT2D eigenvalue weighted by Gasteiger charge is -2.02. The molecule has 4 nitrogen and oxygen atoms in total. The summed E-state index contributed by atoms with van der Waals surface area (Å²) in [5.74, 6) is 3.00. The number of carbonyl (C=O) groups is 1. The Morgan fingerprint density at radius 2 is 2.46 bits per heavy atom. The van der Waals surface area contributed by atoms with E-state index in [0.29, 0.717) is 12.3 Å². The first-order valence-electron chi connectivity index (χ1n) is 3.80. The topological polar surface area (TPSA) is 54.3 Å². The Morgan fingerprint density at radius 3 is 3.08 bits per heavy atom. The Morgan fingerprint density at radius 1 is 1.62 bits per heavy atom. The number of rotatable bonds is 3. The summed E-state index contributed by atoms with van der Waals surface area (Å²) in [7, 11) is 0. The molecule has 2 N–H and O–H groups in total. The van der Waals surface area contributed by atoms with E-state index in [0.717, 1.165) is 0 Å². The van der Waals surface area contributed by atoms with E-state index >= 15 is 0 Å². The van der Waals surface area contributed by atoms with Gasteiger partial charge in [-0.25, -0.2) is 4.79 Å². The van der Waals surface area contributed by atoms with Gasteiger partial charge in [0.1, 0.15) is 5.76 Å². The van der Waals surface area contributed by atoms with Crippen LogP contribution in [0, 0.1) is 12.3 Å². The fourth-order valence-corrected chi connectivity index (χ4v) is 0.774. The molecule has 13 heavy (non-hydrogen) atoms. The fourth-order valence-electron chi connectivity index (χ4n) is 0.774. The summed E-state index contributed by atoms with van der Waals surface area (Å²) in [6.45, 7) is 0.591. The van der Waals surface area contributed by atoms with Crippen LogP contribution in [-0.2, 0) is 6.54 Å². The maximum Gasteiger partial charge on any atom is 0.315 e. The minimum atomic E-state index is -0.297. The molecule has 0 radical (unpaired) electrons. The minimum Gasteiger partial charge on any atom is -0.467 e. The molecule has 0 saturated heterocycles. The number of furan rings is 1. The highest BCUT2D eigenvalue weighted by Crippen LogP contribution is 1.97. The van der Waals surface area contributed by atoms with Crippen LogP contribution in [0.2, 0.25) is 0 Å². The van der Waals surface area contributed by atoms with Crippen LogP contribution in [0.25, 0.3) is 0 Å². The maximum absolute atomic E-state index is 10.9. The predicted octanol–water partition coefficient (Wildman–Crippen LogP) is 0.712. The molecule has 4 heteroatoms. The van der Waals surface area contributed by atoms with Gasteiger partial charge in [-0.1, -0.05) is 5.92 Å². The van der Waals surface area contributed by atoms with Crippen LogP contribution in [0.5, 0.6) is 0 Å². The van der Waals surface area contributed by atoms with Crippen molar-refractivity contribution in [2.75, 3.05) is 6.54 Å². The maximum atomic E-state index is 10.9. The van der Waals surface area contributed by atoms with Gasteiger partial charge in [-0.3, -0.25) is 0 Å². The molecule has 1 heterocycles. The minimum absolute atomic E-state index is 0.226. The van der Waals surface area contributed by atoms with Crippen molar-refractivity contribution in [2.45, 2.75) is 6.54 Å². The highest BCUT2D eigenvalue weighted by atomic mass is 16.3. The van der Waals surface area contributed by atoms with Crippen LogP contribution >= 0.6 is 0 Å². The number of terminal acetylenes is 1. The monoisotopic (exact) mass is 178 g/mol. The average molecular weight is 178 g/mol. The Balaban J connectivity index is 2.20. The van der Waals surface area contributed by atoms with E-state index in [1.807, 2.05) is 0 Å². The van der Waals surface area contributed by atoms with E-state index in [-0.39, 0.29) is 12.6 Å². The van der Waals surface area contributed by atoms with Crippen LogP contribution in [0.3, 0.4) is 0 Å². The van der Waals surface area contributed by atoms with Crippen molar-refractivity contribution >= 4 is 6.03 Å². The first-order valence-corrected chi connectivity index (χ1v) is 3.80. The second-order valence-electron chi connectivity index (χ2n) is 2.32. The van der Waals surface area contributed by atoms with E-state index in [9.17, 15) is 4.79 Å². The number of amides is 2. The summed E-state index contributed by atoms with van der Waals surface area (Å²) in [6, 6.07) is 3.24. The third-order valence-electron chi connectivity index (χ3n) is 1.35. The first-order chi connectivity index (χ1) is 6.33. The molecular weight excluding hydrogens is 168 g/mol. The Hall–Kier alpha value is -1.89. The number of hydrogen-bond acceptors (Lipinski definition) is 2. The third-order valence-corrected chi connectivity index (χ3v) is 1.35. The van der Waals surface area contributed by atoms with Crippen molar-refractivity contribution in [1.82, 2.24) is 10.6 Å². The predicted molar refractivity (Wildman–Crippen MR) is 47.8 cm³/mol.